The molecule has 9 heteroatoms. The first-order chi connectivity index (χ1) is 14.0. The number of thioether (sulfide) groups is 1. The minimum atomic E-state index is -0.186. The second-order valence-corrected chi connectivity index (χ2v) is 7.97. The standard InChI is InChI=1S/C20H16N6OS2/c1-12-4-2-6-16(24-12)25-17(27)7-9-29-20-14(11-22)18(15-5-3-8-28-15)13(10-21)19(23)26-20/h2-6,8H,7,9H2,1H3,(H2,23,26)(H,24,25,27). The molecule has 0 saturated heterocycles. The number of carbonyl (C=O) groups excluding carboxylic acids is 1. The Morgan fingerprint density at radius 2 is 2.00 bits per heavy atom. The van der Waals surface area contributed by atoms with Crippen molar-refractivity contribution in [3.8, 4) is 22.6 Å². The van der Waals surface area contributed by atoms with Crippen LogP contribution >= 0.6 is 23.1 Å². The first-order valence-corrected chi connectivity index (χ1v) is 10.4. The number of anilines is 2. The Bertz CT molecular complexity index is 1130. The van der Waals surface area contributed by atoms with Crippen LogP contribution in [0.1, 0.15) is 23.2 Å². The van der Waals surface area contributed by atoms with Crippen LogP contribution in [0.2, 0.25) is 0 Å². The second-order valence-electron chi connectivity index (χ2n) is 5.94. The van der Waals surface area contributed by atoms with Gasteiger partial charge in [0, 0.05) is 28.3 Å². The fourth-order valence-electron chi connectivity index (χ4n) is 2.63. The normalized spacial score (nSPS) is 10.2. The number of thiophene rings is 1. The molecule has 0 radical (unpaired) electrons. The molecular formula is C20H16N6OS2. The van der Waals surface area contributed by atoms with Gasteiger partial charge in [0.05, 0.1) is 5.56 Å². The third-order valence-corrected chi connectivity index (χ3v) is 5.77. The highest BCUT2D eigenvalue weighted by Crippen LogP contribution is 2.37. The van der Waals surface area contributed by atoms with Gasteiger partial charge in [-0.05, 0) is 30.5 Å². The van der Waals surface area contributed by atoms with Crippen LogP contribution in [0.3, 0.4) is 0 Å². The highest BCUT2D eigenvalue weighted by atomic mass is 32.2. The summed E-state index contributed by atoms with van der Waals surface area (Å²) in [5, 5.41) is 24.2. The van der Waals surface area contributed by atoms with E-state index in [1.165, 1.54) is 23.1 Å². The molecule has 0 bridgehead atoms. The van der Waals surface area contributed by atoms with Crippen molar-refractivity contribution in [3.63, 3.8) is 0 Å². The fourth-order valence-corrected chi connectivity index (χ4v) is 4.35. The third-order valence-electron chi connectivity index (χ3n) is 3.91. The molecule has 29 heavy (non-hydrogen) atoms. The van der Waals surface area contributed by atoms with Gasteiger partial charge < -0.3 is 11.1 Å². The number of hydrogen-bond donors (Lipinski definition) is 2. The van der Waals surface area contributed by atoms with E-state index in [0.29, 0.717) is 27.7 Å². The van der Waals surface area contributed by atoms with Crippen molar-refractivity contribution < 1.29 is 4.79 Å². The van der Waals surface area contributed by atoms with Crippen LogP contribution in [0.4, 0.5) is 11.6 Å². The average Bonchev–Trinajstić information content (AvgIpc) is 3.22. The van der Waals surface area contributed by atoms with Crippen LogP contribution < -0.4 is 11.1 Å². The molecule has 0 aliphatic rings. The summed E-state index contributed by atoms with van der Waals surface area (Å²) in [4.78, 5) is 21.4. The number of aromatic nitrogens is 2. The molecule has 3 rings (SSSR count). The Morgan fingerprint density at radius 3 is 2.66 bits per heavy atom. The molecular weight excluding hydrogens is 404 g/mol. The van der Waals surface area contributed by atoms with E-state index in [0.717, 1.165) is 10.6 Å². The lowest BCUT2D eigenvalue weighted by Gasteiger charge is -2.11. The maximum atomic E-state index is 12.2. The molecule has 0 fully saturated rings. The number of carbonyl (C=O) groups is 1. The number of nitrogen functional groups attached to an aromatic ring is 1. The van der Waals surface area contributed by atoms with Crippen LogP contribution in [0, 0.1) is 29.6 Å². The molecule has 0 atom stereocenters. The zero-order valence-electron chi connectivity index (χ0n) is 15.5. The van der Waals surface area contributed by atoms with Crippen LogP contribution in [-0.2, 0) is 4.79 Å². The van der Waals surface area contributed by atoms with Crippen molar-refractivity contribution in [1.82, 2.24) is 9.97 Å². The highest BCUT2D eigenvalue weighted by Gasteiger charge is 2.21. The van der Waals surface area contributed by atoms with Gasteiger partial charge in [-0.25, -0.2) is 9.97 Å². The van der Waals surface area contributed by atoms with Crippen molar-refractivity contribution in [2.45, 2.75) is 18.4 Å². The predicted octanol–water partition coefficient (Wildman–Crippen LogP) is 3.96. The molecule has 0 saturated carbocycles. The van der Waals surface area contributed by atoms with Gasteiger partial charge >= 0.3 is 0 Å². The first kappa shape index (κ1) is 20.3. The number of nitriles is 2. The summed E-state index contributed by atoms with van der Waals surface area (Å²) in [6, 6.07) is 13.3. The lowest BCUT2D eigenvalue weighted by molar-refractivity contribution is -0.115. The Morgan fingerprint density at radius 1 is 1.21 bits per heavy atom. The summed E-state index contributed by atoms with van der Waals surface area (Å²) in [6.07, 6.45) is 0.209. The zero-order chi connectivity index (χ0) is 20.8. The number of nitrogens with zero attached hydrogens (tertiary/aromatic N) is 4. The fraction of sp³-hybridized carbons (Fsp3) is 0.150. The van der Waals surface area contributed by atoms with Gasteiger partial charge in [0.1, 0.15) is 34.4 Å². The maximum Gasteiger partial charge on any atom is 0.226 e. The molecule has 7 nitrogen and oxygen atoms in total. The van der Waals surface area contributed by atoms with Crippen molar-refractivity contribution in [2.24, 2.45) is 0 Å². The average molecular weight is 421 g/mol. The smallest absolute Gasteiger partial charge is 0.226 e. The Labute approximate surface area is 176 Å². The molecule has 0 aliphatic heterocycles. The third kappa shape index (κ3) is 4.72. The number of pyridine rings is 2. The molecule has 3 aromatic rings. The highest BCUT2D eigenvalue weighted by molar-refractivity contribution is 7.99. The number of nitrogens with one attached hydrogen (secondary N) is 1. The maximum absolute atomic E-state index is 12.2. The van der Waals surface area contributed by atoms with E-state index in [9.17, 15) is 15.3 Å². The summed E-state index contributed by atoms with van der Waals surface area (Å²) in [7, 11) is 0. The Balaban J connectivity index is 1.77. The van der Waals surface area contributed by atoms with E-state index >= 15 is 0 Å². The summed E-state index contributed by atoms with van der Waals surface area (Å²) < 4.78 is 0. The largest absolute Gasteiger partial charge is 0.383 e. The molecule has 1 amide bonds. The number of amides is 1. The summed E-state index contributed by atoms with van der Waals surface area (Å²) in [5.41, 5.74) is 7.77. The lowest BCUT2D eigenvalue weighted by atomic mass is 10.0. The topological polar surface area (TPSA) is 128 Å². The molecule has 144 valence electrons. The number of nitrogens with two attached hydrogens (primary N) is 1. The first-order valence-electron chi connectivity index (χ1n) is 8.57. The van der Waals surface area contributed by atoms with E-state index in [2.05, 4.69) is 21.4 Å². The lowest BCUT2D eigenvalue weighted by Crippen LogP contribution is -2.13. The summed E-state index contributed by atoms with van der Waals surface area (Å²) >= 11 is 2.68. The number of rotatable bonds is 6. The summed E-state index contributed by atoms with van der Waals surface area (Å²) in [5.74, 6) is 0.785. The van der Waals surface area contributed by atoms with Gasteiger partial charge in [0.15, 0.2) is 0 Å². The molecule has 0 aliphatic carbocycles. The quantitative estimate of drug-likeness (QED) is 0.577. The Kier molecular flexibility index (Phi) is 6.45. The molecule has 0 spiro atoms. The van der Waals surface area contributed by atoms with Gasteiger partial charge in [-0.2, -0.15) is 10.5 Å². The van der Waals surface area contributed by atoms with Crippen LogP contribution in [-0.4, -0.2) is 21.6 Å². The molecule has 0 aromatic carbocycles. The van der Waals surface area contributed by atoms with Crippen molar-refractivity contribution in [2.75, 3.05) is 16.8 Å². The van der Waals surface area contributed by atoms with Crippen molar-refractivity contribution in [1.29, 1.82) is 10.5 Å². The van der Waals surface area contributed by atoms with E-state index < -0.39 is 0 Å². The zero-order valence-corrected chi connectivity index (χ0v) is 17.1. The monoisotopic (exact) mass is 420 g/mol. The van der Waals surface area contributed by atoms with E-state index in [4.69, 9.17) is 5.73 Å². The van der Waals surface area contributed by atoms with Crippen molar-refractivity contribution >= 4 is 40.6 Å². The number of aryl methyl sites for hydroxylation is 1. The van der Waals surface area contributed by atoms with Gasteiger partial charge in [0.2, 0.25) is 5.91 Å². The van der Waals surface area contributed by atoms with Gasteiger partial charge in [-0.3, -0.25) is 4.79 Å². The van der Waals surface area contributed by atoms with Gasteiger partial charge in [-0.1, -0.05) is 12.1 Å². The van der Waals surface area contributed by atoms with Gasteiger partial charge in [0.25, 0.3) is 0 Å². The predicted molar refractivity (Wildman–Crippen MR) is 114 cm³/mol. The van der Waals surface area contributed by atoms with E-state index in [-0.39, 0.29) is 23.7 Å². The SMILES string of the molecule is Cc1cccc(NC(=O)CCSc2nc(N)c(C#N)c(-c3cccs3)c2C#N)n1. The van der Waals surface area contributed by atoms with Crippen LogP contribution in [0.25, 0.3) is 10.4 Å². The molecule has 3 heterocycles. The minimum Gasteiger partial charge on any atom is -0.383 e. The van der Waals surface area contributed by atoms with E-state index in [1.54, 1.807) is 6.07 Å². The molecule has 0 unspecified atom stereocenters. The summed E-state index contributed by atoms with van der Waals surface area (Å²) in [6.45, 7) is 1.85. The molecule has 3 N–H and O–H groups in total. The number of hydrogen-bond acceptors (Lipinski definition) is 8. The Hall–Kier alpha value is -3.40. The minimum absolute atomic E-state index is 0.0748. The van der Waals surface area contributed by atoms with Crippen LogP contribution in [0.5, 0.6) is 0 Å². The van der Waals surface area contributed by atoms with Crippen LogP contribution in [0.15, 0.2) is 40.7 Å². The van der Waals surface area contributed by atoms with Crippen molar-refractivity contribution in [3.05, 3.63) is 52.5 Å². The van der Waals surface area contributed by atoms with Gasteiger partial charge in [-0.15, -0.1) is 23.1 Å². The second kappa shape index (κ2) is 9.20. The molecule has 3 aromatic heterocycles. The van der Waals surface area contributed by atoms with E-state index in [1.807, 2.05) is 42.6 Å².